The van der Waals surface area contributed by atoms with Crippen molar-refractivity contribution in [2.45, 2.75) is 32.9 Å². The van der Waals surface area contributed by atoms with Crippen molar-refractivity contribution in [2.24, 2.45) is 5.92 Å². The highest BCUT2D eigenvalue weighted by Gasteiger charge is 2.46. The molecule has 8 nitrogen and oxygen atoms in total. The van der Waals surface area contributed by atoms with Gasteiger partial charge in [-0.15, -0.1) is 0 Å². The molecule has 3 aromatic rings. The Hall–Kier alpha value is -4.46. The molecular formula is C32H33NO7. The number of ether oxygens (including phenoxy) is 4. The number of ketones is 1. The first-order valence-corrected chi connectivity index (χ1v) is 13.4. The third-order valence-corrected chi connectivity index (χ3v) is 7.01. The molecule has 8 heteroatoms. The van der Waals surface area contributed by atoms with Crippen LogP contribution in [0.2, 0.25) is 0 Å². The number of Topliss-reactive ketones (excluding diaryl/α,β-unsaturated/α-hetero) is 1. The maximum Gasteiger partial charge on any atom is 0.295 e. The molecule has 1 fully saturated rings. The highest BCUT2D eigenvalue weighted by Crippen LogP contribution is 2.43. The number of carbonyl (C=O) groups excluding carboxylic acids is 2. The summed E-state index contributed by atoms with van der Waals surface area (Å²) in [6.45, 7) is 5.78. The van der Waals surface area contributed by atoms with E-state index in [4.69, 9.17) is 18.9 Å². The van der Waals surface area contributed by atoms with E-state index in [0.29, 0.717) is 59.9 Å². The molecule has 0 aliphatic carbocycles. The Kier molecular flexibility index (Phi) is 7.96. The zero-order valence-electron chi connectivity index (χ0n) is 22.9. The third-order valence-electron chi connectivity index (χ3n) is 7.01. The van der Waals surface area contributed by atoms with E-state index in [2.05, 4.69) is 13.8 Å². The molecule has 0 aromatic heterocycles. The predicted octanol–water partition coefficient (Wildman–Crippen LogP) is 5.51. The van der Waals surface area contributed by atoms with E-state index in [9.17, 15) is 14.7 Å². The monoisotopic (exact) mass is 543 g/mol. The first kappa shape index (κ1) is 27.1. The fourth-order valence-corrected chi connectivity index (χ4v) is 4.89. The van der Waals surface area contributed by atoms with Crippen molar-refractivity contribution in [2.75, 3.05) is 26.9 Å². The van der Waals surface area contributed by atoms with Gasteiger partial charge in [0.15, 0.2) is 23.0 Å². The van der Waals surface area contributed by atoms with Crippen LogP contribution in [0.5, 0.6) is 23.0 Å². The molecule has 40 heavy (non-hydrogen) atoms. The number of fused-ring (bicyclic) bond motifs is 1. The first-order chi connectivity index (χ1) is 19.4. The number of benzene rings is 3. The van der Waals surface area contributed by atoms with Gasteiger partial charge in [-0.1, -0.05) is 50.2 Å². The zero-order chi connectivity index (χ0) is 28.2. The second kappa shape index (κ2) is 11.7. The fourth-order valence-electron chi connectivity index (χ4n) is 4.89. The Morgan fingerprint density at radius 3 is 2.45 bits per heavy atom. The average Bonchev–Trinajstić information content (AvgIpc) is 3.22. The van der Waals surface area contributed by atoms with Gasteiger partial charge in [-0.2, -0.15) is 0 Å². The molecule has 2 aliphatic heterocycles. The Morgan fingerprint density at radius 2 is 1.73 bits per heavy atom. The molecule has 0 radical (unpaired) electrons. The van der Waals surface area contributed by atoms with Crippen molar-refractivity contribution in [3.8, 4) is 23.0 Å². The molecule has 1 N–H and O–H groups in total. The van der Waals surface area contributed by atoms with Crippen LogP contribution in [0.3, 0.4) is 0 Å². The van der Waals surface area contributed by atoms with Crippen LogP contribution in [-0.2, 0) is 16.1 Å². The van der Waals surface area contributed by atoms with E-state index in [1.807, 2.05) is 30.3 Å². The lowest BCUT2D eigenvalue weighted by atomic mass is 9.94. The molecule has 0 saturated carbocycles. The summed E-state index contributed by atoms with van der Waals surface area (Å²) in [6.07, 6.45) is 0.887. The quantitative estimate of drug-likeness (QED) is 0.216. The van der Waals surface area contributed by atoms with Crippen molar-refractivity contribution >= 4 is 17.4 Å². The molecule has 5 rings (SSSR count). The van der Waals surface area contributed by atoms with Gasteiger partial charge < -0.3 is 29.0 Å². The minimum Gasteiger partial charge on any atom is -0.507 e. The summed E-state index contributed by atoms with van der Waals surface area (Å²) in [5, 5.41) is 11.5. The summed E-state index contributed by atoms with van der Waals surface area (Å²) >= 11 is 0. The van der Waals surface area contributed by atoms with E-state index in [-0.39, 0.29) is 17.9 Å². The smallest absolute Gasteiger partial charge is 0.295 e. The number of rotatable bonds is 9. The van der Waals surface area contributed by atoms with Crippen LogP contribution in [0.1, 0.15) is 43.0 Å². The topological polar surface area (TPSA) is 94.5 Å². The molecule has 1 atom stereocenters. The van der Waals surface area contributed by atoms with Crippen LogP contribution in [0, 0.1) is 5.92 Å². The van der Waals surface area contributed by atoms with Crippen LogP contribution in [-0.4, -0.2) is 48.6 Å². The van der Waals surface area contributed by atoms with Gasteiger partial charge in [0.1, 0.15) is 19.0 Å². The minimum atomic E-state index is -0.855. The van der Waals surface area contributed by atoms with Crippen molar-refractivity contribution in [1.29, 1.82) is 0 Å². The normalized spacial score (nSPS) is 17.8. The lowest BCUT2D eigenvalue weighted by Gasteiger charge is -2.26. The summed E-state index contributed by atoms with van der Waals surface area (Å²) in [7, 11) is 1.55. The Balaban J connectivity index is 1.59. The lowest BCUT2D eigenvalue weighted by Crippen LogP contribution is -2.29. The zero-order valence-corrected chi connectivity index (χ0v) is 22.9. The molecule has 208 valence electrons. The number of nitrogens with zero attached hydrogens (tertiary/aromatic N) is 1. The summed E-state index contributed by atoms with van der Waals surface area (Å²) in [5.74, 6) is 0.825. The summed E-state index contributed by atoms with van der Waals surface area (Å²) in [6, 6.07) is 18.9. The van der Waals surface area contributed by atoms with Crippen LogP contribution >= 0.6 is 0 Å². The van der Waals surface area contributed by atoms with E-state index < -0.39 is 17.7 Å². The van der Waals surface area contributed by atoms with E-state index in [1.54, 1.807) is 43.5 Å². The maximum atomic E-state index is 13.5. The predicted molar refractivity (Wildman–Crippen MR) is 150 cm³/mol. The molecule has 2 aliphatic rings. The van der Waals surface area contributed by atoms with Gasteiger partial charge in [-0.3, -0.25) is 9.59 Å². The van der Waals surface area contributed by atoms with Gasteiger partial charge in [-0.25, -0.2) is 0 Å². The molecular weight excluding hydrogens is 510 g/mol. The third kappa shape index (κ3) is 5.47. The summed E-state index contributed by atoms with van der Waals surface area (Å²) < 4.78 is 22.9. The molecule has 1 saturated heterocycles. The van der Waals surface area contributed by atoms with Crippen LogP contribution in [0.25, 0.3) is 5.76 Å². The number of amides is 1. The van der Waals surface area contributed by atoms with E-state index >= 15 is 0 Å². The first-order valence-electron chi connectivity index (χ1n) is 13.4. The van der Waals surface area contributed by atoms with Gasteiger partial charge >= 0.3 is 0 Å². The Morgan fingerprint density at radius 1 is 0.975 bits per heavy atom. The number of methoxy groups -OCH3 is 1. The van der Waals surface area contributed by atoms with Crippen molar-refractivity contribution in [1.82, 2.24) is 4.90 Å². The summed E-state index contributed by atoms with van der Waals surface area (Å²) in [5.41, 5.74) is 1.82. The lowest BCUT2D eigenvalue weighted by molar-refractivity contribution is -0.140. The second-order valence-corrected chi connectivity index (χ2v) is 10.2. The van der Waals surface area contributed by atoms with Crippen molar-refractivity contribution < 1.29 is 33.6 Å². The number of hydrogen-bond donors (Lipinski definition) is 1. The van der Waals surface area contributed by atoms with Crippen molar-refractivity contribution in [3.05, 3.63) is 89.0 Å². The van der Waals surface area contributed by atoms with Gasteiger partial charge in [-0.05, 0) is 53.8 Å². The van der Waals surface area contributed by atoms with E-state index in [0.717, 1.165) is 12.0 Å². The maximum absolute atomic E-state index is 13.5. The van der Waals surface area contributed by atoms with Crippen LogP contribution < -0.4 is 18.9 Å². The molecule has 0 unspecified atom stereocenters. The number of aliphatic hydroxyl groups excluding tert-OH is 1. The van der Waals surface area contributed by atoms with Gasteiger partial charge in [0.05, 0.1) is 25.3 Å². The SMILES string of the molecule is COc1cc([C@@H]2/C(=C(\O)c3ccc4c(c3)OCCO4)C(=O)C(=O)N2Cc2ccccc2)ccc1OCCC(C)C. The molecule has 3 aromatic carbocycles. The molecule has 0 bridgehead atoms. The van der Waals surface area contributed by atoms with Crippen LogP contribution in [0.15, 0.2) is 72.3 Å². The highest BCUT2D eigenvalue weighted by molar-refractivity contribution is 6.46. The van der Waals surface area contributed by atoms with Crippen molar-refractivity contribution in [3.63, 3.8) is 0 Å². The summed E-state index contributed by atoms with van der Waals surface area (Å²) in [4.78, 5) is 28.4. The van der Waals surface area contributed by atoms with Crippen LogP contribution in [0.4, 0.5) is 0 Å². The largest absolute Gasteiger partial charge is 0.507 e. The van der Waals surface area contributed by atoms with Gasteiger partial charge in [0, 0.05) is 12.1 Å². The molecule has 0 spiro atoms. The fraction of sp³-hybridized carbons (Fsp3) is 0.312. The standard InChI is InChI=1S/C32H33NO7/c1-20(2)13-14-38-24-11-9-22(17-26(24)37-3)29-28(30(34)23-10-12-25-27(18-23)40-16-15-39-25)31(35)32(36)33(29)19-21-7-5-4-6-8-21/h4-12,17-18,20,29,34H,13-16,19H2,1-3H3/b30-28+/t29-/m1/s1. The number of hydrogen-bond acceptors (Lipinski definition) is 7. The Labute approximate surface area is 233 Å². The second-order valence-electron chi connectivity index (χ2n) is 10.2. The van der Waals surface area contributed by atoms with Gasteiger partial charge in [0.2, 0.25) is 0 Å². The number of carbonyl (C=O) groups is 2. The average molecular weight is 544 g/mol. The highest BCUT2D eigenvalue weighted by atomic mass is 16.6. The number of aliphatic hydroxyl groups is 1. The Bertz CT molecular complexity index is 1430. The number of likely N-dealkylation sites (tertiary alicyclic amines) is 1. The molecule has 2 heterocycles. The van der Waals surface area contributed by atoms with E-state index in [1.165, 1.54) is 4.90 Å². The minimum absolute atomic E-state index is 0.00635. The molecule has 1 amide bonds. The van der Waals surface area contributed by atoms with Gasteiger partial charge in [0.25, 0.3) is 11.7 Å².